The Labute approximate surface area is 272 Å². The van der Waals surface area contributed by atoms with Gasteiger partial charge < -0.3 is 34.5 Å². The molecule has 3 N–H and O–H groups in total. The standard InChI is InChI=1S/C36H35N5O6/c1-5-35-30(45-34(20-42,21-43)32(35)46-33(2,3)47-35)28-27-29(41-40-28)31(38-22-37-27)39-36(23-12-8-6-9-13-23,24-14-10-7-11-15-24)25-16-18-26(44-4)19-17-25/h1,6-19,22,28,30,32,42-43H,20-21H2,2-4H3,(H,37,38,39)/t28?,30-,32+,35-/m0/s1. The molecule has 0 bridgehead atoms. The first-order valence-corrected chi connectivity index (χ1v) is 15.3. The van der Waals surface area contributed by atoms with E-state index in [0.29, 0.717) is 17.2 Å². The van der Waals surface area contributed by atoms with Crippen molar-refractivity contribution in [1.29, 1.82) is 0 Å². The third-order valence-corrected chi connectivity index (χ3v) is 9.17. The Morgan fingerprint density at radius 1 is 0.894 bits per heavy atom. The Balaban J connectivity index is 1.36. The van der Waals surface area contributed by atoms with E-state index in [1.165, 1.54) is 6.33 Å². The Bertz CT molecular complexity index is 1790. The van der Waals surface area contributed by atoms with Crippen LogP contribution in [-0.2, 0) is 19.7 Å². The van der Waals surface area contributed by atoms with E-state index < -0.39 is 54.0 Å². The minimum atomic E-state index is -1.54. The summed E-state index contributed by atoms with van der Waals surface area (Å²) in [5.74, 6) is 2.77. The lowest BCUT2D eigenvalue weighted by atomic mass is 9.77. The van der Waals surface area contributed by atoms with Crippen molar-refractivity contribution in [3.63, 3.8) is 0 Å². The van der Waals surface area contributed by atoms with Crippen molar-refractivity contribution < 1.29 is 29.2 Å². The zero-order valence-electron chi connectivity index (χ0n) is 26.2. The Morgan fingerprint density at radius 3 is 2.09 bits per heavy atom. The summed E-state index contributed by atoms with van der Waals surface area (Å²) < 4.78 is 24.3. The summed E-state index contributed by atoms with van der Waals surface area (Å²) in [6, 6.07) is 27.2. The summed E-state index contributed by atoms with van der Waals surface area (Å²) in [7, 11) is 1.63. The number of benzene rings is 3. The summed E-state index contributed by atoms with van der Waals surface area (Å²) in [5, 5.41) is 33.8. The fourth-order valence-corrected chi connectivity index (χ4v) is 7.03. The molecule has 2 fully saturated rings. The van der Waals surface area contributed by atoms with Gasteiger partial charge in [0.2, 0.25) is 0 Å². The highest BCUT2D eigenvalue weighted by Gasteiger charge is 2.73. The normalized spacial score (nSPS) is 25.1. The van der Waals surface area contributed by atoms with E-state index in [-0.39, 0.29) is 0 Å². The van der Waals surface area contributed by atoms with E-state index in [9.17, 15) is 10.2 Å². The number of hydrogen-bond donors (Lipinski definition) is 3. The van der Waals surface area contributed by atoms with Crippen molar-refractivity contribution >= 4 is 11.5 Å². The molecule has 1 aromatic heterocycles. The minimum absolute atomic E-state index is 0.401. The van der Waals surface area contributed by atoms with Gasteiger partial charge in [0.25, 0.3) is 0 Å². The topological polar surface area (TPSA) is 140 Å². The van der Waals surface area contributed by atoms with E-state index >= 15 is 0 Å². The van der Waals surface area contributed by atoms with Crippen LogP contribution in [0.4, 0.5) is 11.5 Å². The van der Waals surface area contributed by atoms with Crippen LogP contribution in [0.5, 0.6) is 5.75 Å². The van der Waals surface area contributed by atoms with Crippen LogP contribution >= 0.6 is 0 Å². The molecule has 0 amide bonds. The molecule has 3 aliphatic rings. The molecule has 1 unspecified atom stereocenters. The quantitative estimate of drug-likeness (QED) is 0.177. The average Bonchev–Trinajstić information content (AvgIpc) is 3.75. The number of nitrogens with zero attached hydrogens (tertiary/aromatic N) is 4. The van der Waals surface area contributed by atoms with Gasteiger partial charge in [0.05, 0.1) is 20.3 Å². The predicted octanol–water partition coefficient (Wildman–Crippen LogP) is 4.67. The molecule has 0 radical (unpaired) electrons. The molecule has 11 nitrogen and oxygen atoms in total. The Morgan fingerprint density at radius 2 is 1.51 bits per heavy atom. The molecule has 7 rings (SSSR count). The molecular weight excluding hydrogens is 598 g/mol. The number of azo groups is 1. The molecule has 4 heterocycles. The maximum atomic E-state index is 10.4. The van der Waals surface area contributed by atoms with Gasteiger partial charge in [-0.05, 0) is 42.7 Å². The largest absolute Gasteiger partial charge is 0.497 e. The number of methoxy groups -OCH3 is 1. The molecule has 47 heavy (non-hydrogen) atoms. The monoisotopic (exact) mass is 633 g/mol. The molecule has 11 heteroatoms. The van der Waals surface area contributed by atoms with Gasteiger partial charge in [-0.3, -0.25) is 0 Å². The van der Waals surface area contributed by atoms with Crippen LogP contribution in [0, 0.1) is 12.3 Å². The molecular formula is C36H35N5O6. The lowest BCUT2D eigenvalue weighted by Crippen LogP contribution is -2.53. The number of hydrogen-bond acceptors (Lipinski definition) is 11. The second-order valence-corrected chi connectivity index (χ2v) is 12.3. The second kappa shape index (κ2) is 11.5. The zero-order chi connectivity index (χ0) is 32.9. The van der Waals surface area contributed by atoms with Gasteiger partial charge in [0.15, 0.2) is 22.9 Å². The van der Waals surface area contributed by atoms with Crippen LogP contribution in [0.1, 0.15) is 42.3 Å². The van der Waals surface area contributed by atoms with E-state index in [1.54, 1.807) is 21.0 Å². The highest BCUT2D eigenvalue weighted by molar-refractivity contribution is 5.70. The van der Waals surface area contributed by atoms with Crippen molar-refractivity contribution in [2.45, 2.75) is 54.6 Å². The van der Waals surface area contributed by atoms with Crippen LogP contribution in [0.25, 0.3) is 0 Å². The number of anilines is 1. The van der Waals surface area contributed by atoms with Gasteiger partial charge >= 0.3 is 0 Å². The summed E-state index contributed by atoms with van der Waals surface area (Å²) in [5.41, 5.74) is -0.285. The van der Waals surface area contributed by atoms with Crippen LogP contribution in [-0.4, -0.2) is 69.7 Å². The fourth-order valence-electron chi connectivity index (χ4n) is 7.03. The highest BCUT2D eigenvalue weighted by Crippen LogP contribution is 2.56. The number of aliphatic hydroxyl groups excluding tert-OH is 2. The van der Waals surface area contributed by atoms with Gasteiger partial charge in [0.1, 0.15) is 47.2 Å². The number of ether oxygens (including phenoxy) is 4. The van der Waals surface area contributed by atoms with Gasteiger partial charge in [-0.1, -0.05) is 78.7 Å². The predicted molar refractivity (Wildman–Crippen MR) is 172 cm³/mol. The number of nitrogens with one attached hydrogen (secondary N) is 1. The first-order valence-electron chi connectivity index (χ1n) is 15.3. The van der Waals surface area contributed by atoms with Crippen molar-refractivity contribution in [1.82, 2.24) is 9.97 Å². The number of aromatic nitrogens is 2. The maximum Gasteiger partial charge on any atom is 0.189 e. The third kappa shape index (κ3) is 4.72. The molecule has 4 aromatic rings. The van der Waals surface area contributed by atoms with Gasteiger partial charge in [0, 0.05) is 0 Å². The average molecular weight is 634 g/mol. The van der Waals surface area contributed by atoms with E-state index in [4.69, 9.17) is 25.4 Å². The summed E-state index contributed by atoms with van der Waals surface area (Å²) in [6.07, 6.45) is 5.60. The second-order valence-electron chi connectivity index (χ2n) is 12.3. The summed E-state index contributed by atoms with van der Waals surface area (Å²) >= 11 is 0. The lowest BCUT2D eigenvalue weighted by molar-refractivity contribution is -0.230. The SMILES string of the molecule is C#C[C@@]12OC(C)(C)O[C@@H]1C(CO)(CO)O[C@H]2C1N=Nc2c(NC(c3ccccc3)(c3ccccc3)c3ccc(OC)cc3)ncnc21. The number of fused-ring (bicyclic) bond motifs is 2. The van der Waals surface area contributed by atoms with E-state index in [0.717, 1.165) is 22.4 Å². The van der Waals surface area contributed by atoms with Crippen molar-refractivity contribution in [3.8, 4) is 18.1 Å². The van der Waals surface area contributed by atoms with E-state index in [2.05, 4.69) is 55.7 Å². The Kier molecular flexibility index (Phi) is 7.58. The van der Waals surface area contributed by atoms with Crippen molar-refractivity contribution in [2.24, 2.45) is 10.2 Å². The third-order valence-electron chi connectivity index (χ3n) is 9.17. The molecule has 3 aliphatic heterocycles. The van der Waals surface area contributed by atoms with Crippen LogP contribution in [0.2, 0.25) is 0 Å². The molecule has 0 saturated carbocycles. The van der Waals surface area contributed by atoms with Crippen LogP contribution in [0.3, 0.4) is 0 Å². The first-order chi connectivity index (χ1) is 22.8. The fraction of sp³-hybridized carbons (Fsp3) is 0.333. The number of terminal acetylenes is 1. The van der Waals surface area contributed by atoms with Crippen LogP contribution < -0.4 is 10.1 Å². The highest BCUT2D eigenvalue weighted by atomic mass is 16.8. The summed E-state index contributed by atoms with van der Waals surface area (Å²) in [4.78, 5) is 9.28. The molecule has 4 atom stereocenters. The maximum absolute atomic E-state index is 10.4. The minimum Gasteiger partial charge on any atom is -0.497 e. The van der Waals surface area contributed by atoms with Gasteiger partial charge in [-0.2, -0.15) is 5.11 Å². The molecule has 0 spiro atoms. The number of rotatable bonds is 9. The van der Waals surface area contributed by atoms with Crippen molar-refractivity contribution in [3.05, 3.63) is 114 Å². The Hall–Kier alpha value is -4.70. The number of aliphatic hydroxyl groups is 2. The van der Waals surface area contributed by atoms with E-state index in [1.807, 2.05) is 60.7 Å². The summed E-state index contributed by atoms with van der Waals surface area (Å²) in [6.45, 7) is 2.33. The van der Waals surface area contributed by atoms with Gasteiger partial charge in [-0.15, -0.1) is 11.5 Å². The lowest BCUT2D eigenvalue weighted by Gasteiger charge is -2.37. The van der Waals surface area contributed by atoms with Gasteiger partial charge in [-0.25, -0.2) is 9.97 Å². The molecule has 0 aliphatic carbocycles. The first kappa shape index (κ1) is 30.9. The van der Waals surface area contributed by atoms with Crippen molar-refractivity contribution in [2.75, 3.05) is 25.6 Å². The molecule has 3 aromatic carbocycles. The molecule has 2 saturated heterocycles. The zero-order valence-corrected chi connectivity index (χ0v) is 26.2. The van der Waals surface area contributed by atoms with Crippen LogP contribution in [0.15, 0.2) is 101 Å². The molecule has 240 valence electrons. The smallest absolute Gasteiger partial charge is 0.189 e.